The van der Waals surface area contributed by atoms with Gasteiger partial charge in [0.1, 0.15) is 0 Å². The molecular formula is C17H20ClN3O4S. The number of benzene rings is 2. The van der Waals surface area contributed by atoms with Crippen LogP contribution >= 0.6 is 11.6 Å². The van der Waals surface area contributed by atoms with E-state index < -0.39 is 20.6 Å². The summed E-state index contributed by atoms with van der Waals surface area (Å²) in [6, 6.07) is 12.2. The van der Waals surface area contributed by atoms with Crippen LogP contribution in [0.25, 0.3) is 0 Å². The van der Waals surface area contributed by atoms with Gasteiger partial charge < -0.3 is 4.90 Å². The molecule has 0 spiro atoms. The standard InChI is InChI=1S/C17H20ClN3O4S/c1-19(2)11-12-20(13-14-7-9-15(18)10-8-14)26(24,25)17-6-4-3-5-16(17)21(22)23/h3-10H,11-13H2,1-2H3. The lowest BCUT2D eigenvalue weighted by atomic mass is 10.2. The molecule has 2 aromatic rings. The van der Waals surface area contributed by atoms with Crippen LogP contribution in [0.1, 0.15) is 5.56 Å². The van der Waals surface area contributed by atoms with Crippen molar-refractivity contribution in [3.05, 3.63) is 69.2 Å². The molecule has 2 rings (SSSR count). The van der Waals surface area contributed by atoms with Gasteiger partial charge in [-0.2, -0.15) is 4.31 Å². The van der Waals surface area contributed by atoms with Gasteiger partial charge in [0, 0.05) is 30.7 Å². The molecule has 0 aliphatic rings. The number of sulfonamides is 1. The van der Waals surface area contributed by atoms with Gasteiger partial charge in [0.25, 0.3) is 5.69 Å². The van der Waals surface area contributed by atoms with E-state index >= 15 is 0 Å². The maximum Gasteiger partial charge on any atom is 0.289 e. The van der Waals surface area contributed by atoms with Crippen molar-refractivity contribution < 1.29 is 13.3 Å². The number of nitro groups is 1. The maximum absolute atomic E-state index is 13.1. The molecule has 0 atom stereocenters. The summed E-state index contributed by atoms with van der Waals surface area (Å²) in [7, 11) is -0.386. The Balaban J connectivity index is 2.42. The Hall–Kier alpha value is -2.00. The summed E-state index contributed by atoms with van der Waals surface area (Å²) in [5.41, 5.74) is 0.314. The van der Waals surface area contributed by atoms with Gasteiger partial charge in [0.2, 0.25) is 10.0 Å². The minimum atomic E-state index is -4.05. The van der Waals surface area contributed by atoms with Gasteiger partial charge in [0.15, 0.2) is 4.90 Å². The molecule has 0 N–H and O–H groups in total. The van der Waals surface area contributed by atoms with E-state index in [1.54, 1.807) is 24.3 Å². The van der Waals surface area contributed by atoms with Crippen molar-refractivity contribution >= 4 is 27.3 Å². The highest BCUT2D eigenvalue weighted by atomic mass is 35.5. The van der Waals surface area contributed by atoms with Gasteiger partial charge in [-0.25, -0.2) is 8.42 Å². The number of hydrogen-bond donors (Lipinski definition) is 0. The molecule has 2 aromatic carbocycles. The van der Waals surface area contributed by atoms with Crippen molar-refractivity contribution in [2.24, 2.45) is 0 Å². The molecule has 0 fully saturated rings. The van der Waals surface area contributed by atoms with E-state index in [4.69, 9.17) is 11.6 Å². The Bertz CT molecular complexity index is 870. The van der Waals surface area contributed by atoms with Crippen LogP contribution in [-0.4, -0.2) is 49.7 Å². The summed E-state index contributed by atoms with van der Waals surface area (Å²) in [5.74, 6) is 0. The zero-order valence-electron chi connectivity index (χ0n) is 14.5. The number of nitro benzene ring substituents is 1. The van der Waals surface area contributed by atoms with Crippen LogP contribution in [-0.2, 0) is 16.6 Å². The topological polar surface area (TPSA) is 83.8 Å². The van der Waals surface area contributed by atoms with Crippen LogP contribution in [0, 0.1) is 10.1 Å². The number of halogens is 1. The number of hydrogen-bond acceptors (Lipinski definition) is 5. The Morgan fingerprint density at radius 1 is 1.04 bits per heavy atom. The second kappa shape index (κ2) is 8.59. The van der Waals surface area contributed by atoms with Crippen molar-refractivity contribution in [3.63, 3.8) is 0 Å². The van der Waals surface area contributed by atoms with E-state index in [0.29, 0.717) is 11.6 Å². The minimum Gasteiger partial charge on any atom is -0.308 e. The maximum atomic E-state index is 13.1. The monoisotopic (exact) mass is 397 g/mol. The van der Waals surface area contributed by atoms with Crippen LogP contribution in [0.5, 0.6) is 0 Å². The molecule has 0 radical (unpaired) electrons. The molecular weight excluding hydrogens is 378 g/mol. The smallest absolute Gasteiger partial charge is 0.289 e. The molecule has 0 bridgehead atoms. The molecule has 0 unspecified atom stereocenters. The molecule has 0 saturated carbocycles. The van der Waals surface area contributed by atoms with E-state index in [-0.39, 0.29) is 18.0 Å². The summed E-state index contributed by atoms with van der Waals surface area (Å²) in [5, 5.41) is 11.8. The molecule has 9 heteroatoms. The molecule has 0 aromatic heterocycles. The third kappa shape index (κ3) is 5.01. The Labute approximate surface area is 158 Å². The van der Waals surface area contributed by atoms with Crippen LogP contribution in [0.3, 0.4) is 0 Å². The zero-order chi connectivity index (χ0) is 19.3. The second-order valence-electron chi connectivity index (χ2n) is 5.99. The first-order valence-electron chi connectivity index (χ1n) is 7.84. The number of nitrogens with zero attached hydrogens (tertiary/aromatic N) is 3. The van der Waals surface area contributed by atoms with Gasteiger partial charge in [-0.3, -0.25) is 10.1 Å². The predicted octanol–water partition coefficient (Wildman–Crippen LogP) is 3.00. The molecule has 0 amide bonds. The molecule has 0 aliphatic carbocycles. The average Bonchev–Trinajstić information content (AvgIpc) is 2.59. The summed E-state index contributed by atoms with van der Waals surface area (Å²) in [6.45, 7) is 0.775. The lowest BCUT2D eigenvalue weighted by Crippen LogP contribution is -2.36. The Morgan fingerprint density at radius 2 is 1.65 bits per heavy atom. The fourth-order valence-electron chi connectivity index (χ4n) is 2.35. The van der Waals surface area contributed by atoms with Gasteiger partial charge in [-0.05, 0) is 37.9 Å². The molecule has 0 heterocycles. The Morgan fingerprint density at radius 3 is 2.23 bits per heavy atom. The highest BCUT2D eigenvalue weighted by Crippen LogP contribution is 2.27. The van der Waals surface area contributed by atoms with Crippen molar-refractivity contribution in [3.8, 4) is 0 Å². The summed E-state index contributed by atoms with van der Waals surface area (Å²) >= 11 is 5.88. The van der Waals surface area contributed by atoms with E-state index in [2.05, 4.69) is 0 Å². The summed E-state index contributed by atoms with van der Waals surface area (Å²) in [6.07, 6.45) is 0. The van der Waals surface area contributed by atoms with Crippen LogP contribution < -0.4 is 0 Å². The lowest BCUT2D eigenvalue weighted by Gasteiger charge is -2.24. The van der Waals surface area contributed by atoms with Crippen LogP contribution in [0.2, 0.25) is 5.02 Å². The largest absolute Gasteiger partial charge is 0.308 e. The fraction of sp³-hybridized carbons (Fsp3) is 0.294. The van der Waals surface area contributed by atoms with Gasteiger partial charge in [0.05, 0.1) is 4.92 Å². The first-order valence-corrected chi connectivity index (χ1v) is 9.66. The first kappa shape index (κ1) is 20.3. The predicted molar refractivity (Wildman–Crippen MR) is 101 cm³/mol. The lowest BCUT2D eigenvalue weighted by molar-refractivity contribution is -0.387. The van der Waals surface area contributed by atoms with E-state index in [1.165, 1.54) is 28.6 Å². The van der Waals surface area contributed by atoms with E-state index in [9.17, 15) is 18.5 Å². The summed E-state index contributed by atoms with van der Waals surface area (Å²) < 4.78 is 27.5. The number of rotatable bonds is 8. The molecule has 7 nitrogen and oxygen atoms in total. The second-order valence-corrected chi connectivity index (χ2v) is 8.34. The zero-order valence-corrected chi connectivity index (χ0v) is 16.1. The number of para-hydroxylation sites is 1. The number of likely N-dealkylation sites (N-methyl/N-ethyl adjacent to an activating group) is 1. The van der Waals surface area contributed by atoms with Gasteiger partial charge in [-0.1, -0.05) is 35.9 Å². The van der Waals surface area contributed by atoms with Crippen LogP contribution in [0.15, 0.2) is 53.4 Å². The SMILES string of the molecule is CN(C)CCN(Cc1ccc(Cl)cc1)S(=O)(=O)c1ccccc1[N+](=O)[O-]. The third-order valence-corrected chi connectivity index (χ3v) is 5.89. The van der Waals surface area contributed by atoms with Gasteiger partial charge in [-0.15, -0.1) is 0 Å². The third-order valence-electron chi connectivity index (χ3n) is 3.75. The highest BCUT2D eigenvalue weighted by molar-refractivity contribution is 7.89. The fourth-order valence-corrected chi connectivity index (χ4v) is 4.06. The Kier molecular flexibility index (Phi) is 6.71. The average molecular weight is 398 g/mol. The highest BCUT2D eigenvalue weighted by Gasteiger charge is 2.31. The first-order chi connectivity index (χ1) is 12.2. The van der Waals surface area contributed by atoms with Gasteiger partial charge >= 0.3 is 0 Å². The van der Waals surface area contributed by atoms with Crippen molar-refractivity contribution in [2.45, 2.75) is 11.4 Å². The van der Waals surface area contributed by atoms with Crippen molar-refractivity contribution in [1.82, 2.24) is 9.21 Å². The quantitative estimate of drug-likeness (QED) is 0.505. The van der Waals surface area contributed by atoms with Crippen molar-refractivity contribution in [1.29, 1.82) is 0 Å². The summed E-state index contributed by atoms with van der Waals surface area (Å²) in [4.78, 5) is 12.1. The molecule has 140 valence electrons. The van der Waals surface area contributed by atoms with Crippen molar-refractivity contribution in [2.75, 3.05) is 27.2 Å². The van der Waals surface area contributed by atoms with E-state index in [1.807, 2.05) is 19.0 Å². The molecule has 26 heavy (non-hydrogen) atoms. The van der Waals surface area contributed by atoms with E-state index in [0.717, 1.165) is 5.56 Å². The molecule has 0 aliphatic heterocycles. The normalized spacial score (nSPS) is 11.9. The minimum absolute atomic E-state index is 0.0966. The van der Waals surface area contributed by atoms with Crippen LogP contribution in [0.4, 0.5) is 5.69 Å². The molecule has 0 saturated heterocycles.